The summed E-state index contributed by atoms with van der Waals surface area (Å²) in [5.41, 5.74) is 5.53. The van der Waals surface area contributed by atoms with E-state index in [9.17, 15) is 13.2 Å². The Balaban J connectivity index is 1.92. The van der Waals surface area contributed by atoms with Gasteiger partial charge in [0.05, 0.1) is 16.6 Å². The molecule has 3 rings (SSSR count). The summed E-state index contributed by atoms with van der Waals surface area (Å²) in [6.07, 6.45) is -1.74. The summed E-state index contributed by atoms with van der Waals surface area (Å²) in [5.74, 6) is 0. The van der Waals surface area contributed by atoms with Crippen molar-refractivity contribution in [1.82, 2.24) is 0 Å². The molecule has 1 aliphatic carbocycles. The molecule has 0 spiro atoms. The number of hydrogen-bond donors (Lipinski definition) is 1. The molecule has 3 unspecified atom stereocenters. The summed E-state index contributed by atoms with van der Waals surface area (Å²) in [4.78, 5) is 4.51. The molecule has 1 aromatic carbocycles. The van der Waals surface area contributed by atoms with Gasteiger partial charge in [-0.15, -0.1) is 11.8 Å². The first-order valence-electron chi connectivity index (χ1n) is 6.62. The van der Waals surface area contributed by atoms with Gasteiger partial charge >= 0.3 is 6.18 Å². The normalized spacial score (nSPS) is 30.0. The number of benzene rings is 1. The van der Waals surface area contributed by atoms with E-state index in [0.717, 1.165) is 25.3 Å². The number of thioether (sulfide) groups is 1. The maximum atomic E-state index is 13.1. The van der Waals surface area contributed by atoms with E-state index in [4.69, 9.17) is 5.73 Å². The third-order valence-electron chi connectivity index (χ3n) is 3.81. The Morgan fingerprint density at radius 3 is 2.70 bits per heavy atom. The molecule has 3 atom stereocenters. The predicted molar refractivity (Wildman–Crippen MR) is 75.0 cm³/mol. The lowest BCUT2D eigenvalue weighted by molar-refractivity contribution is -0.137. The van der Waals surface area contributed by atoms with Crippen LogP contribution in [0.25, 0.3) is 0 Å². The quantitative estimate of drug-likeness (QED) is 0.862. The molecule has 20 heavy (non-hydrogen) atoms. The van der Waals surface area contributed by atoms with Crippen molar-refractivity contribution in [1.29, 1.82) is 0 Å². The number of nitrogens with zero attached hydrogens (tertiary/aromatic N) is 1. The van der Waals surface area contributed by atoms with Crippen LogP contribution in [-0.2, 0) is 6.18 Å². The number of aliphatic imine (C=N–C) groups is 1. The summed E-state index contributed by atoms with van der Waals surface area (Å²) < 4.78 is 39.2. The topological polar surface area (TPSA) is 38.4 Å². The second-order valence-corrected chi connectivity index (χ2v) is 6.50. The maximum Gasteiger partial charge on any atom is 0.417 e. The van der Waals surface area contributed by atoms with Crippen molar-refractivity contribution in [3.63, 3.8) is 0 Å². The van der Waals surface area contributed by atoms with Crippen molar-refractivity contribution < 1.29 is 13.2 Å². The minimum Gasteiger partial charge on any atom is -0.328 e. The van der Waals surface area contributed by atoms with E-state index in [1.54, 1.807) is 6.07 Å². The smallest absolute Gasteiger partial charge is 0.328 e. The van der Waals surface area contributed by atoms with E-state index in [1.807, 2.05) is 0 Å². The molecule has 6 heteroatoms. The maximum absolute atomic E-state index is 13.1. The third-order valence-corrected chi connectivity index (χ3v) is 5.16. The molecule has 2 nitrogen and oxygen atoms in total. The molecule has 1 aliphatic heterocycles. The Morgan fingerprint density at radius 1 is 1.20 bits per heavy atom. The molecule has 0 radical (unpaired) electrons. The van der Waals surface area contributed by atoms with Gasteiger partial charge < -0.3 is 5.73 Å². The van der Waals surface area contributed by atoms with Gasteiger partial charge in [0, 0.05) is 16.9 Å². The zero-order valence-electron chi connectivity index (χ0n) is 10.7. The fourth-order valence-electron chi connectivity index (χ4n) is 2.79. The Hall–Kier alpha value is -1.01. The van der Waals surface area contributed by atoms with Crippen molar-refractivity contribution >= 4 is 16.8 Å². The molecule has 2 aliphatic rings. The monoisotopic (exact) mass is 300 g/mol. The summed E-state index contributed by atoms with van der Waals surface area (Å²) in [7, 11) is 0. The number of halogens is 3. The third kappa shape index (κ3) is 2.59. The first-order chi connectivity index (χ1) is 9.45. The zero-order valence-corrected chi connectivity index (χ0v) is 11.5. The Bertz CT molecular complexity index is 541. The molecular weight excluding hydrogens is 285 g/mol. The molecule has 0 bridgehead atoms. The lowest BCUT2D eigenvalue weighted by atomic mass is 9.92. The van der Waals surface area contributed by atoms with E-state index < -0.39 is 11.7 Å². The molecule has 1 heterocycles. The van der Waals surface area contributed by atoms with E-state index in [-0.39, 0.29) is 22.9 Å². The second kappa shape index (κ2) is 5.07. The summed E-state index contributed by atoms with van der Waals surface area (Å²) >= 11 is 1.45. The van der Waals surface area contributed by atoms with Crippen molar-refractivity contribution in [2.24, 2.45) is 10.7 Å². The van der Waals surface area contributed by atoms with Crippen LogP contribution in [-0.4, -0.2) is 22.4 Å². The number of alkyl halides is 3. The van der Waals surface area contributed by atoms with Crippen LogP contribution in [0, 0.1) is 0 Å². The summed E-state index contributed by atoms with van der Waals surface area (Å²) in [6, 6.07) is 5.93. The number of hydrogen-bond acceptors (Lipinski definition) is 3. The Morgan fingerprint density at radius 2 is 1.95 bits per heavy atom. The van der Waals surface area contributed by atoms with Crippen LogP contribution in [0.15, 0.2) is 29.3 Å². The lowest BCUT2D eigenvalue weighted by Crippen LogP contribution is -2.35. The fourth-order valence-corrected chi connectivity index (χ4v) is 4.28. The first kappa shape index (κ1) is 13.9. The lowest BCUT2D eigenvalue weighted by Gasteiger charge is -2.27. The van der Waals surface area contributed by atoms with Gasteiger partial charge in [0.1, 0.15) is 0 Å². The Kier molecular flexibility index (Phi) is 3.54. The molecule has 2 N–H and O–H groups in total. The van der Waals surface area contributed by atoms with Gasteiger partial charge in [-0.05, 0) is 25.3 Å². The van der Waals surface area contributed by atoms with E-state index in [0.29, 0.717) is 5.04 Å². The molecule has 1 fully saturated rings. The molecule has 0 aromatic heterocycles. The molecular formula is C14H15F3N2S. The number of fused-ring (bicyclic) bond motifs is 1. The van der Waals surface area contributed by atoms with Crippen LogP contribution in [0.2, 0.25) is 0 Å². The largest absolute Gasteiger partial charge is 0.417 e. The molecule has 108 valence electrons. The van der Waals surface area contributed by atoms with Gasteiger partial charge in [-0.1, -0.05) is 18.2 Å². The van der Waals surface area contributed by atoms with Gasteiger partial charge in [-0.3, -0.25) is 4.99 Å². The van der Waals surface area contributed by atoms with E-state index in [1.165, 1.54) is 23.9 Å². The summed E-state index contributed by atoms with van der Waals surface area (Å²) in [5, 5.41) is 0.747. The highest BCUT2D eigenvalue weighted by molar-refractivity contribution is 8.15. The van der Waals surface area contributed by atoms with Crippen LogP contribution in [0.4, 0.5) is 13.2 Å². The highest BCUT2D eigenvalue weighted by Crippen LogP contribution is 2.41. The van der Waals surface area contributed by atoms with Crippen molar-refractivity contribution in [3.05, 3.63) is 35.4 Å². The first-order valence-corrected chi connectivity index (χ1v) is 7.50. The van der Waals surface area contributed by atoms with Gasteiger partial charge in [-0.2, -0.15) is 13.2 Å². The Labute approximate surface area is 119 Å². The van der Waals surface area contributed by atoms with Gasteiger partial charge in [-0.25, -0.2) is 0 Å². The van der Waals surface area contributed by atoms with Gasteiger partial charge in [0.2, 0.25) is 0 Å². The highest BCUT2D eigenvalue weighted by atomic mass is 32.2. The SMILES string of the molecule is NC1CCC2N=C(c3ccccc3C(F)(F)F)SC2C1. The van der Waals surface area contributed by atoms with E-state index >= 15 is 0 Å². The average Bonchev–Trinajstić information content (AvgIpc) is 2.80. The van der Waals surface area contributed by atoms with Gasteiger partial charge in [0.15, 0.2) is 0 Å². The number of rotatable bonds is 1. The molecule has 0 amide bonds. The van der Waals surface area contributed by atoms with Gasteiger partial charge in [0.25, 0.3) is 0 Å². The second-order valence-electron chi connectivity index (χ2n) is 5.27. The van der Waals surface area contributed by atoms with Crippen molar-refractivity contribution in [3.8, 4) is 0 Å². The molecule has 1 saturated carbocycles. The highest BCUT2D eigenvalue weighted by Gasteiger charge is 2.39. The summed E-state index contributed by atoms with van der Waals surface area (Å²) in [6.45, 7) is 0. The molecule has 1 aromatic rings. The molecule has 0 saturated heterocycles. The van der Waals surface area contributed by atoms with Crippen LogP contribution in [0.3, 0.4) is 0 Å². The van der Waals surface area contributed by atoms with Crippen LogP contribution >= 0.6 is 11.8 Å². The zero-order chi connectivity index (χ0) is 14.3. The van der Waals surface area contributed by atoms with Crippen molar-refractivity contribution in [2.45, 2.75) is 42.8 Å². The average molecular weight is 300 g/mol. The standard InChI is InChI=1S/C14H15F3N2S/c15-14(16,17)10-4-2-1-3-9(10)13-19-11-6-5-8(18)7-12(11)20-13/h1-4,8,11-12H,5-7,18H2. The fraction of sp³-hybridized carbons (Fsp3) is 0.500. The van der Waals surface area contributed by atoms with E-state index in [2.05, 4.69) is 4.99 Å². The van der Waals surface area contributed by atoms with Crippen molar-refractivity contribution in [2.75, 3.05) is 0 Å². The van der Waals surface area contributed by atoms with Crippen LogP contribution in [0.1, 0.15) is 30.4 Å². The van der Waals surface area contributed by atoms with Crippen LogP contribution < -0.4 is 5.73 Å². The minimum atomic E-state index is -4.34. The minimum absolute atomic E-state index is 0.121. The van der Waals surface area contributed by atoms with Crippen LogP contribution in [0.5, 0.6) is 0 Å². The predicted octanol–water partition coefficient (Wildman–Crippen LogP) is 3.45. The number of nitrogens with two attached hydrogens (primary N) is 1.